The first-order valence-corrected chi connectivity index (χ1v) is 8.85. The van der Waals surface area contributed by atoms with E-state index in [4.69, 9.17) is 9.47 Å². The molecule has 142 valence electrons. The predicted octanol–water partition coefficient (Wildman–Crippen LogP) is 3.73. The topological polar surface area (TPSA) is 66.8 Å². The fourth-order valence-electron chi connectivity index (χ4n) is 3.29. The zero-order valence-electron chi connectivity index (χ0n) is 15.8. The molecule has 1 aliphatic heterocycles. The van der Waals surface area contributed by atoms with Crippen LogP contribution in [-0.2, 0) is 16.6 Å². The highest BCUT2D eigenvalue weighted by molar-refractivity contribution is 6.15. The molecular formula is C22H19NO5. The highest BCUT2D eigenvalue weighted by Crippen LogP contribution is 2.36. The summed E-state index contributed by atoms with van der Waals surface area (Å²) < 4.78 is 18.0. The molecule has 0 fully saturated rings. The molecule has 0 saturated heterocycles. The van der Waals surface area contributed by atoms with Crippen LogP contribution in [-0.4, -0.2) is 29.5 Å². The zero-order valence-corrected chi connectivity index (χ0v) is 15.8. The molecule has 3 aromatic rings. The average Bonchev–Trinajstić information content (AvgIpc) is 3.18. The van der Waals surface area contributed by atoms with Crippen LogP contribution in [0.4, 0.5) is 0 Å². The Morgan fingerprint density at radius 3 is 2.79 bits per heavy atom. The third kappa shape index (κ3) is 3.03. The molecule has 1 aromatic heterocycles. The third-order valence-corrected chi connectivity index (χ3v) is 4.70. The van der Waals surface area contributed by atoms with Crippen LogP contribution in [0.25, 0.3) is 17.0 Å². The predicted molar refractivity (Wildman–Crippen MR) is 104 cm³/mol. The maximum Gasteiger partial charge on any atom is 0.346 e. The minimum absolute atomic E-state index is 0.185. The van der Waals surface area contributed by atoms with Crippen LogP contribution in [0.15, 0.2) is 54.4 Å². The van der Waals surface area contributed by atoms with Crippen molar-refractivity contribution in [2.75, 3.05) is 7.11 Å². The number of esters is 1. The number of aromatic nitrogens is 1. The minimum Gasteiger partial charge on any atom is -0.479 e. The lowest BCUT2D eigenvalue weighted by molar-refractivity contribution is -0.147. The van der Waals surface area contributed by atoms with Crippen molar-refractivity contribution in [3.8, 4) is 11.5 Å². The van der Waals surface area contributed by atoms with Gasteiger partial charge in [0.05, 0.1) is 12.7 Å². The first kappa shape index (κ1) is 17.9. The van der Waals surface area contributed by atoms with Crippen LogP contribution in [0.1, 0.15) is 22.8 Å². The average molecular weight is 377 g/mol. The Labute approximate surface area is 161 Å². The largest absolute Gasteiger partial charge is 0.479 e. The fourth-order valence-corrected chi connectivity index (χ4v) is 3.29. The second kappa shape index (κ2) is 6.88. The van der Waals surface area contributed by atoms with Gasteiger partial charge >= 0.3 is 5.97 Å². The van der Waals surface area contributed by atoms with Crippen LogP contribution < -0.4 is 9.47 Å². The van der Waals surface area contributed by atoms with E-state index in [-0.39, 0.29) is 11.5 Å². The van der Waals surface area contributed by atoms with E-state index in [2.05, 4.69) is 4.74 Å². The van der Waals surface area contributed by atoms with Gasteiger partial charge in [0.2, 0.25) is 5.78 Å². The van der Waals surface area contributed by atoms with Gasteiger partial charge in [-0.05, 0) is 31.2 Å². The summed E-state index contributed by atoms with van der Waals surface area (Å²) in [4.78, 5) is 24.2. The zero-order chi connectivity index (χ0) is 19.8. The molecule has 6 nitrogen and oxygen atoms in total. The van der Waals surface area contributed by atoms with Crippen LogP contribution in [0.5, 0.6) is 11.5 Å². The lowest BCUT2D eigenvalue weighted by Gasteiger charge is -2.12. The molecule has 6 heteroatoms. The number of carbonyl (C=O) groups excluding carboxylic acids is 2. The lowest BCUT2D eigenvalue weighted by atomic mass is 10.1. The number of Topliss-reactive ketones (excluding diaryl/α,β-unsaturated/α-hetero) is 1. The number of ether oxygens (including phenoxy) is 3. The molecular weight excluding hydrogens is 358 g/mol. The highest BCUT2D eigenvalue weighted by atomic mass is 16.6. The summed E-state index contributed by atoms with van der Waals surface area (Å²) in [6, 6.07) is 12.9. The number of benzene rings is 2. The normalized spacial score (nSPS) is 15.4. The van der Waals surface area contributed by atoms with Crippen molar-refractivity contribution in [3.63, 3.8) is 0 Å². The summed E-state index contributed by atoms with van der Waals surface area (Å²) in [7, 11) is 3.26. The van der Waals surface area contributed by atoms with Gasteiger partial charge in [-0.15, -0.1) is 0 Å². The van der Waals surface area contributed by atoms with E-state index in [1.807, 2.05) is 42.1 Å². The Morgan fingerprint density at radius 2 is 2.00 bits per heavy atom. The van der Waals surface area contributed by atoms with Crippen molar-refractivity contribution in [1.82, 2.24) is 4.57 Å². The lowest BCUT2D eigenvalue weighted by Crippen LogP contribution is -2.24. The molecule has 0 N–H and O–H groups in total. The maximum atomic E-state index is 12.7. The van der Waals surface area contributed by atoms with Crippen molar-refractivity contribution in [2.45, 2.75) is 13.0 Å². The number of carbonyl (C=O) groups is 2. The monoisotopic (exact) mass is 377 g/mol. The van der Waals surface area contributed by atoms with Crippen molar-refractivity contribution < 1.29 is 23.8 Å². The van der Waals surface area contributed by atoms with E-state index in [0.29, 0.717) is 17.1 Å². The van der Waals surface area contributed by atoms with E-state index >= 15 is 0 Å². The van der Waals surface area contributed by atoms with Gasteiger partial charge < -0.3 is 18.8 Å². The number of allylic oxidation sites excluding steroid dienone is 1. The van der Waals surface area contributed by atoms with Gasteiger partial charge in [-0.2, -0.15) is 0 Å². The molecule has 1 aliphatic rings. The Balaban J connectivity index is 1.63. The summed E-state index contributed by atoms with van der Waals surface area (Å²) in [6.45, 7) is 1.59. The van der Waals surface area contributed by atoms with Crippen molar-refractivity contribution in [1.29, 1.82) is 0 Å². The highest BCUT2D eigenvalue weighted by Gasteiger charge is 2.28. The number of para-hydroxylation sites is 1. The van der Waals surface area contributed by atoms with Gasteiger partial charge in [-0.3, -0.25) is 4.79 Å². The van der Waals surface area contributed by atoms with E-state index in [9.17, 15) is 9.59 Å². The van der Waals surface area contributed by atoms with Crippen molar-refractivity contribution in [3.05, 3.63) is 65.5 Å². The SMILES string of the molecule is COC(=O)[C@H](C)Oc1ccc2c(c1)O/C(=C\c1cn(C)c3ccccc13)C2=O. The molecule has 4 rings (SSSR count). The second-order valence-corrected chi connectivity index (χ2v) is 6.59. The number of hydrogen-bond donors (Lipinski definition) is 0. The molecule has 2 heterocycles. The van der Waals surface area contributed by atoms with Gasteiger partial charge in [0.15, 0.2) is 11.9 Å². The molecule has 0 amide bonds. The van der Waals surface area contributed by atoms with Crippen molar-refractivity contribution >= 4 is 28.7 Å². The molecule has 0 saturated carbocycles. The number of rotatable bonds is 4. The van der Waals surface area contributed by atoms with Crippen LogP contribution >= 0.6 is 0 Å². The quantitative estimate of drug-likeness (QED) is 0.512. The van der Waals surface area contributed by atoms with Gasteiger partial charge in [0, 0.05) is 35.8 Å². The maximum absolute atomic E-state index is 12.7. The van der Waals surface area contributed by atoms with Gasteiger partial charge in [0.25, 0.3) is 0 Å². The summed E-state index contributed by atoms with van der Waals surface area (Å²) in [5.74, 6) is 0.427. The van der Waals surface area contributed by atoms with E-state index in [0.717, 1.165) is 16.5 Å². The standard InChI is InChI=1S/C22H19NO5/c1-13(22(25)26-3)27-15-8-9-17-19(11-15)28-20(21(17)24)10-14-12-23(2)18-7-5-4-6-16(14)18/h4-13H,1-3H3/b20-10-/t13-/m0/s1. The Morgan fingerprint density at radius 1 is 1.21 bits per heavy atom. The molecule has 28 heavy (non-hydrogen) atoms. The van der Waals surface area contributed by atoms with Crippen LogP contribution in [0.3, 0.4) is 0 Å². The number of nitrogens with zero attached hydrogens (tertiary/aromatic N) is 1. The fraction of sp³-hybridized carbons (Fsp3) is 0.182. The summed E-state index contributed by atoms with van der Waals surface area (Å²) >= 11 is 0. The smallest absolute Gasteiger partial charge is 0.346 e. The van der Waals surface area contributed by atoms with E-state index in [1.54, 1.807) is 31.2 Å². The van der Waals surface area contributed by atoms with Gasteiger partial charge in [-0.1, -0.05) is 18.2 Å². The summed E-state index contributed by atoms with van der Waals surface area (Å²) in [5, 5.41) is 1.04. The summed E-state index contributed by atoms with van der Waals surface area (Å²) in [6.07, 6.45) is 2.96. The van der Waals surface area contributed by atoms with Gasteiger partial charge in [0.1, 0.15) is 11.5 Å². The second-order valence-electron chi connectivity index (χ2n) is 6.59. The molecule has 0 bridgehead atoms. The third-order valence-electron chi connectivity index (χ3n) is 4.70. The Hall–Kier alpha value is -3.54. The van der Waals surface area contributed by atoms with Gasteiger partial charge in [-0.25, -0.2) is 4.79 Å². The Kier molecular flexibility index (Phi) is 4.39. The number of fused-ring (bicyclic) bond motifs is 2. The molecule has 0 aliphatic carbocycles. The van der Waals surface area contributed by atoms with Crippen LogP contribution in [0, 0.1) is 0 Å². The number of aryl methyl sites for hydroxylation is 1. The number of ketones is 1. The number of hydrogen-bond acceptors (Lipinski definition) is 5. The van der Waals surface area contributed by atoms with Crippen LogP contribution in [0.2, 0.25) is 0 Å². The number of methoxy groups -OCH3 is 1. The first-order chi connectivity index (χ1) is 13.5. The molecule has 0 unspecified atom stereocenters. The molecule has 2 aromatic carbocycles. The molecule has 0 radical (unpaired) electrons. The Bertz CT molecular complexity index is 1130. The first-order valence-electron chi connectivity index (χ1n) is 8.85. The summed E-state index contributed by atoms with van der Waals surface area (Å²) in [5.41, 5.74) is 2.44. The molecule has 0 spiro atoms. The molecule has 1 atom stereocenters. The van der Waals surface area contributed by atoms with Crippen molar-refractivity contribution in [2.24, 2.45) is 7.05 Å². The minimum atomic E-state index is -0.758. The van der Waals surface area contributed by atoms with E-state index in [1.165, 1.54) is 7.11 Å². The van der Waals surface area contributed by atoms with E-state index < -0.39 is 12.1 Å².